The Kier molecular flexibility index (Phi) is 4.29. The van der Waals surface area contributed by atoms with E-state index in [2.05, 4.69) is 30.9 Å². The van der Waals surface area contributed by atoms with Gasteiger partial charge in [0.1, 0.15) is 34.4 Å². The number of fused-ring (bicyclic) bond motifs is 2. The fraction of sp³-hybridized carbons (Fsp3) is 0.263. The first kappa shape index (κ1) is 17.8. The number of hydrogen-bond acceptors (Lipinski definition) is 10. The second-order valence-corrected chi connectivity index (χ2v) is 7.96. The van der Waals surface area contributed by atoms with E-state index in [1.807, 2.05) is 24.4 Å². The number of nitrogens with two attached hydrogens (primary N) is 3. The summed E-state index contributed by atoms with van der Waals surface area (Å²) in [4.78, 5) is 20.4. The Hall–Kier alpha value is -3.24. The fourth-order valence-electron chi connectivity index (χ4n) is 3.59. The number of nitrogen functional groups attached to an aromatic ring is 1. The number of hydrogen-bond donors (Lipinski definition) is 3. The van der Waals surface area contributed by atoms with Crippen molar-refractivity contribution in [2.45, 2.75) is 19.3 Å². The molecular weight excluding hydrogens is 388 g/mol. The summed E-state index contributed by atoms with van der Waals surface area (Å²) in [5, 5.41) is 0.518. The van der Waals surface area contributed by atoms with Crippen molar-refractivity contribution in [2.24, 2.45) is 21.5 Å². The van der Waals surface area contributed by atoms with Crippen LogP contribution < -0.4 is 21.9 Å². The highest BCUT2D eigenvalue weighted by atomic mass is 32.1. The van der Waals surface area contributed by atoms with Gasteiger partial charge in [0.2, 0.25) is 0 Å². The van der Waals surface area contributed by atoms with E-state index in [1.165, 1.54) is 11.3 Å². The van der Waals surface area contributed by atoms with Gasteiger partial charge < -0.3 is 21.1 Å². The monoisotopic (exact) mass is 408 g/mol. The molecule has 0 fully saturated rings. The SMILES string of the molecule is NC1=NC(N)N=C(N2CCOc3ccc(-c4cnc5sc(N)nc5c4)cc3C2)C1. The van der Waals surface area contributed by atoms with Crippen molar-refractivity contribution in [3.05, 3.63) is 36.0 Å². The first-order valence-corrected chi connectivity index (χ1v) is 10.0. The van der Waals surface area contributed by atoms with E-state index >= 15 is 0 Å². The lowest BCUT2D eigenvalue weighted by molar-refractivity contribution is 0.287. The Labute approximate surface area is 170 Å². The predicted molar refractivity (Wildman–Crippen MR) is 115 cm³/mol. The first-order valence-electron chi connectivity index (χ1n) is 9.23. The molecule has 0 saturated carbocycles. The average molecular weight is 408 g/mol. The van der Waals surface area contributed by atoms with Crippen LogP contribution in [0.15, 0.2) is 40.4 Å². The molecule has 0 spiro atoms. The molecule has 148 valence electrons. The normalized spacial score (nSPS) is 19.2. The van der Waals surface area contributed by atoms with Crippen molar-refractivity contribution in [1.82, 2.24) is 14.9 Å². The number of benzene rings is 1. The number of rotatable bonds is 1. The van der Waals surface area contributed by atoms with Gasteiger partial charge >= 0.3 is 0 Å². The third-order valence-electron chi connectivity index (χ3n) is 4.92. The first-order chi connectivity index (χ1) is 14.0. The van der Waals surface area contributed by atoms with Gasteiger partial charge in [-0.15, -0.1) is 0 Å². The number of anilines is 1. The fourth-order valence-corrected chi connectivity index (χ4v) is 4.25. The lowest BCUT2D eigenvalue weighted by atomic mass is 10.0. The van der Waals surface area contributed by atoms with Crippen LogP contribution in [0.1, 0.15) is 12.0 Å². The van der Waals surface area contributed by atoms with Crippen molar-refractivity contribution in [3.8, 4) is 16.9 Å². The van der Waals surface area contributed by atoms with E-state index in [0.717, 1.165) is 38.6 Å². The molecule has 10 heteroatoms. The number of thiazole rings is 1. The van der Waals surface area contributed by atoms with Gasteiger partial charge in [-0.25, -0.2) is 20.0 Å². The quantitative estimate of drug-likeness (QED) is 0.554. The summed E-state index contributed by atoms with van der Waals surface area (Å²) in [5.41, 5.74) is 21.5. The third kappa shape index (κ3) is 3.47. The minimum Gasteiger partial charge on any atom is -0.491 e. The second kappa shape index (κ2) is 6.98. The zero-order chi connectivity index (χ0) is 20.0. The van der Waals surface area contributed by atoms with Crippen LogP contribution >= 0.6 is 11.3 Å². The molecule has 3 aromatic rings. The summed E-state index contributed by atoms with van der Waals surface area (Å²) >= 11 is 1.38. The van der Waals surface area contributed by atoms with E-state index in [9.17, 15) is 0 Å². The van der Waals surface area contributed by atoms with Gasteiger partial charge in [-0.3, -0.25) is 5.73 Å². The maximum Gasteiger partial charge on any atom is 0.195 e. The van der Waals surface area contributed by atoms with Gasteiger partial charge in [-0.1, -0.05) is 17.4 Å². The lowest BCUT2D eigenvalue weighted by Crippen LogP contribution is -2.40. The second-order valence-electron chi connectivity index (χ2n) is 6.95. The Bertz CT molecular complexity index is 1150. The van der Waals surface area contributed by atoms with Crippen LogP contribution in [0.3, 0.4) is 0 Å². The van der Waals surface area contributed by atoms with Crippen LogP contribution in [-0.2, 0) is 6.54 Å². The minimum absolute atomic E-state index is 0.495. The standard InChI is InChI=1S/C19H20N8OS/c20-15-7-16(26-18(21)25-15)27-3-4-28-14-2-1-10(5-12(14)9-27)11-6-13-17(23-8-11)29-19(22)24-13/h1-2,5-6,8,18H,3-4,7,9,21H2,(H2,20,25)(H2,22,24). The summed E-state index contributed by atoms with van der Waals surface area (Å²) in [6, 6.07) is 8.16. The Morgan fingerprint density at radius 2 is 2.03 bits per heavy atom. The molecule has 9 nitrogen and oxygen atoms in total. The van der Waals surface area contributed by atoms with Gasteiger partial charge in [0.15, 0.2) is 11.4 Å². The van der Waals surface area contributed by atoms with Crippen LogP contribution in [0.5, 0.6) is 5.75 Å². The highest BCUT2D eigenvalue weighted by Gasteiger charge is 2.22. The van der Waals surface area contributed by atoms with Crippen molar-refractivity contribution < 1.29 is 4.74 Å². The Morgan fingerprint density at radius 3 is 2.90 bits per heavy atom. The highest BCUT2D eigenvalue weighted by Crippen LogP contribution is 2.31. The van der Waals surface area contributed by atoms with E-state index in [4.69, 9.17) is 21.9 Å². The van der Waals surface area contributed by atoms with Crippen LogP contribution in [-0.4, -0.2) is 46.0 Å². The molecule has 2 aliphatic heterocycles. The lowest BCUT2D eigenvalue weighted by Gasteiger charge is -2.26. The molecule has 1 unspecified atom stereocenters. The number of ether oxygens (including phenoxy) is 1. The average Bonchev–Trinajstić information content (AvgIpc) is 2.92. The van der Waals surface area contributed by atoms with Crippen LogP contribution in [0.2, 0.25) is 0 Å². The number of amidine groups is 2. The van der Waals surface area contributed by atoms with E-state index in [0.29, 0.717) is 37.1 Å². The van der Waals surface area contributed by atoms with Crippen molar-refractivity contribution >= 4 is 38.5 Å². The molecule has 1 aromatic carbocycles. The molecule has 29 heavy (non-hydrogen) atoms. The van der Waals surface area contributed by atoms with Crippen LogP contribution in [0, 0.1) is 0 Å². The zero-order valence-electron chi connectivity index (χ0n) is 15.6. The third-order valence-corrected chi connectivity index (χ3v) is 5.73. The smallest absolute Gasteiger partial charge is 0.195 e. The van der Waals surface area contributed by atoms with E-state index in [1.54, 1.807) is 0 Å². The number of pyridine rings is 1. The molecule has 2 aliphatic rings. The molecule has 0 amide bonds. The molecule has 1 atom stereocenters. The zero-order valence-corrected chi connectivity index (χ0v) is 16.4. The van der Waals surface area contributed by atoms with Gasteiger partial charge in [0.05, 0.1) is 13.0 Å². The number of aromatic nitrogens is 2. The molecule has 5 rings (SSSR count). The summed E-state index contributed by atoms with van der Waals surface area (Å²) in [6.07, 6.45) is 1.70. The maximum atomic E-state index is 5.96. The predicted octanol–water partition coefficient (Wildman–Crippen LogP) is 1.54. The highest BCUT2D eigenvalue weighted by molar-refractivity contribution is 7.21. The van der Waals surface area contributed by atoms with Gasteiger partial charge in [0.25, 0.3) is 0 Å². The Balaban J connectivity index is 1.47. The summed E-state index contributed by atoms with van der Waals surface area (Å²) in [5.74, 6) is 2.21. The van der Waals surface area contributed by atoms with Crippen molar-refractivity contribution in [1.29, 1.82) is 0 Å². The number of nitrogens with zero attached hydrogens (tertiary/aromatic N) is 5. The van der Waals surface area contributed by atoms with Crippen LogP contribution in [0.25, 0.3) is 21.5 Å². The maximum absolute atomic E-state index is 5.96. The Morgan fingerprint density at radius 1 is 1.14 bits per heavy atom. The summed E-state index contributed by atoms with van der Waals surface area (Å²) in [7, 11) is 0. The van der Waals surface area contributed by atoms with Crippen molar-refractivity contribution in [2.75, 3.05) is 18.9 Å². The topological polar surface area (TPSA) is 141 Å². The number of aliphatic imine (C=N–C) groups is 2. The molecule has 0 aliphatic carbocycles. The van der Waals surface area contributed by atoms with Crippen molar-refractivity contribution in [3.63, 3.8) is 0 Å². The molecule has 0 saturated heterocycles. The summed E-state index contributed by atoms with van der Waals surface area (Å²) < 4.78 is 5.96. The minimum atomic E-state index is -0.642. The molecule has 6 N–H and O–H groups in total. The molecule has 4 heterocycles. The molecule has 0 radical (unpaired) electrons. The van der Waals surface area contributed by atoms with Gasteiger partial charge in [-0.05, 0) is 23.8 Å². The molecule has 0 bridgehead atoms. The van der Waals surface area contributed by atoms with Crippen LogP contribution in [0.4, 0.5) is 5.13 Å². The summed E-state index contributed by atoms with van der Waals surface area (Å²) in [6.45, 7) is 1.92. The largest absolute Gasteiger partial charge is 0.491 e. The van der Waals surface area contributed by atoms with E-state index in [-0.39, 0.29) is 0 Å². The van der Waals surface area contributed by atoms with Gasteiger partial charge in [0, 0.05) is 23.9 Å². The molecular formula is C19H20N8OS. The molecule has 2 aromatic heterocycles. The van der Waals surface area contributed by atoms with E-state index < -0.39 is 6.29 Å². The van der Waals surface area contributed by atoms with Gasteiger partial charge in [-0.2, -0.15) is 0 Å².